The van der Waals surface area contributed by atoms with Crippen molar-refractivity contribution >= 4 is 40.8 Å². The van der Waals surface area contributed by atoms with Crippen LogP contribution in [0.5, 0.6) is 0 Å². The molecule has 0 aliphatic carbocycles. The van der Waals surface area contributed by atoms with E-state index in [-0.39, 0.29) is 30.7 Å². The number of thiazole rings is 1. The molecule has 124 valence electrons. The molecule has 2 aromatic rings. The normalized spacial score (nSPS) is 11.3. The van der Waals surface area contributed by atoms with E-state index >= 15 is 0 Å². The summed E-state index contributed by atoms with van der Waals surface area (Å²) in [6, 6.07) is 8.83. The molecule has 1 atom stereocenters. The minimum absolute atomic E-state index is 0. The topological polar surface area (TPSA) is 94.3 Å². The molecule has 1 aromatic heterocycles. The van der Waals surface area contributed by atoms with Gasteiger partial charge in [-0.15, -0.1) is 23.7 Å². The number of benzene rings is 1. The fourth-order valence-electron chi connectivity index (χ4n) is 1.77. The molecule has 8 heteroatoms. The van der Waals surface area contributed by atoms with E-state index in [1.54, 1.807) is 6.92 Å². The molecule has 0 saturated carbocycles. The van der Waals surface area contributed by atoms with Crippen molar-refractivity contribution in [2.45, 2.75) is 19.4 Å². The van der Waals surface area contributed by atoms with Gasteiger partial charge in [0.25, 0.3) is 0 Å². The number of hydrogen-bond donors (Lipinski definition) is 2. The summed E-state index contributed by atoms with van der Waals surface area (Å²) in [4.78, 5) is 28.4. The summed E-state index contributed by atoms with van der Waals surface area (Å²) in [5.74, 6) is -0.677. The molecule has 3 N–H and O–H groups in total. The quantitative estimate of drug-likeness (QED) is 0.802. The van der Waals surface area contributed by atoms with Crippen LogP contribution < -0.4 is 11.1 Å². The number of methoxy groups -OCH3 is 1. The van der Waals surface area contributed by atoms with Crippen LogP contribution in [0.4, 0.5) is 5.13 Å². The number of amides is 1. The minimum atomic E-state index is -0.631. The third kappa shape index (κ3) is 5.02. The number of hydrogen-bond acceptors (Lipinski definition) is 6. The van der Waals surface area contributed by atoms with Gasteiger partial charge in [-0.05, 0) is 6.92 Å². The van der Waals surface area contributed by atoms with Gasteiger partial charge in [0.15, 0.2) is 5.13 Å². The van der Waals surface area contributed by atoms with Gasteiger partial charge >= 0.3 is 5.97 Å². The second kappa shape index (κ2) is 8.61. The van der Waals surface area contributed by atoms with Gasteiger partial charge in [0.1, 0.15) is 0 Å². The van der Waals surface area contributed by atoms with Crippen molar-refractivity contribution in [3.05, 3.63) is 35.2 Å². The van der Waals surface area contributed by atoms with Crippen LogP contribution in [0.15, 0.2) is 30.3 Å². The lowest BCUT2D eigenvalue weighted by Crippen LogP contribution is -2.32. The highest BCUT2D eigenvalue weighted by Crippen LogP contribution is 2.31. The van der Waals surface area contributed by atoms with Crippen molar-refractivity contribution in [1.29, 1.82) is 0 Å². The van der Waals surface area contributed by atoms with Crippen LogP contribution in [-0.4, -0.2) is 30.0 Å². The first kappa shape index (κ1) is 19.1. The molecule has 2 rings (SSSR count). The summed E-state index contributed by atoms with van der Waals surface area (Å²) >= 11 is 1.24. The van der Waals surface area contributed by atoms with Crippen LogP contribution in [0.2, 0.25) is 0 Å². The van der Waals surface area contributed by atoms with Crippen molar-refractivity contribution in [2.24, 2.45) is 5.73 Å². The van der Waals surface area contributed by atoms with E-state index in [9.17, 15) is 9.59 Å². The smallest absolute Gasteiger partial charge is 0.310 e. The van der Waals surface area contributed by atoms with Gasteiger partial charge in [-0.1, -0.05) is 30.3 Å². The number of ether oxygens (including phenoxy) is 1. The molecule has 0 saturated heterocycles. The average molecular weight is 356 g/mol. The van der Waals surface area contributed by atoms with Crippen molar-refractivity contribution in [3.8, 4) is 11.3 Å². The molecule has 0 aliphatic heterocycles. The Labute approximate surface area is 144 Å². The van der Waals surface area contributed by atoms with E-state index in [4.69, 9.17) is 10.5 Å². The standard InChI is InChI=1S/C15H17N3O3S.ClH/c1-9(16)14(20)18-15-17-13(10-6-4-3-5-7-10)11(22-15)8-12(19)21-2;/h3-7,9H,8,16H2,1-2H3,(H,17,18,20);1H/t9-;/m1./s1. The van der Waals surface area contributed by atoms with E-state index in [1.807, 2.05) is 30.3 Å². The second-order valence-electron chi connectivity index (χ2n) is 4.69. The van der Waals surface area contributed by atoms with Crippen molar-refractivity contribution in [2.75, 3.05) is 12.4 Å². The largest absolute Gasteiger partial charge is 0.469 e. The maximum absolute atomic E-state index is 11.7. The fraction of sp³-hybridized carbons (Fsp3) is 0.267. The first-order valence-corrected chi connectivity index (χ1v) is 7.51. The molecule has 0 spiro atoms. The molecule has 0 bridgehead atoms. The molecule has 0 unspecified atom stereocenters. The minimum Gasteiger partial charge on any atom is -0.469 e. The first-order chi connectivity index (χ1) is 10.5. The molecular formula is C15H18ClN3O3S. The number of halogens is 1. The third-order valence-corrected chi connectivity index (χ3v) is 3.89. The van der Waals surface area contributed by atoms with Crippen molar-refractivity contribution in [1.82, 2.24) is 4.98 Å². The molecule has 6 nitrogen and oxygen atoms in total. The van der Waals surface area contributed by atoms with Crippen LogP contribution in [0.25, 0.3) is 11.3 Å². The maximum Gasteiger partial charge on any atom is 0.310 e. The highest BCUT2D eigenvalue weighted by molar-refractivity contribution is 7.16. The number of aromatic nitrogens is 1. The molecule has 1 aromatic carbocycles. The van der Waals surface area contributed by atoms with Gasteiger partial charge in [0.05, 0.1) is 25.3 Å². The summed E-state index contributed by atoms with van der Waals surface area (Å²) in [7, 11) is 1.34. The second-order valence-corrected chi connectivity index (χ2v) is 5.77. The molecular weight excluding hydrogens is 338 g/mol. The SMILES string of the molecule is COC(=O)Cc1sc(NC(=O)[C@@H](C)N)nc1-c1ccccc1.Cl. The fourth-order valence-corrected chi connectivity index (χ4v) is 2.74. The summed E-state index contributed by atoms with van der Waals surface area (Å²) in [6.07, 6.45) is 0.104. The molecule has 0 fully saturated rings. The van der Waals surface area contributed by atoms with E-state index < -0.39 is 6.04 Å². The Bertz CT molecular complexity index is 674. The molecule has 1 heterocycles. The van der Waals surface area contributed by atoms with Crippen molar-refractivity contribution < 1.29 is 14.3 Å². The van der Waals surface area contributed by atoms with Gasteiger partial charge in [-0.2, -0.15) is 0 Å². The Hall–Kier alpha value is -1.96. The van der Waals surface area contributed by atoms with Crippen LogP contribution in [0, 0.1) is 0 Å². The highest BCUT2D eigenvalue weighted by Gasteiger charge is 2.18. The Morgan fingerprint density at radius 3 is 2.57 bits per heavy atom. The number of carbonyl (C=O) groups is 2. The number of nitrogens with one attached hydrogen (secondary N) is 1. The zero-order chi connectivity index (χ0) is 16.1. The Morgan fingerprint density at radius 2 is 2.00 bits per heavy atom. The number of nitrogens with zero attached hydrogens (tertiary/aromatic N) is 1. The Balaban J connectivity index is 0.00000264. The van der Waals surface area contributed by atoms with E-state index in [2.05, 4.69) is 10.3 Å². The van der Waals surface area contributed by atoms with Crippen LogP contribution in [0.1, 0.15) is 11.8 Å². The lowest BCUT2D eigenvalue weighted by molar-refractivity contribution is -0.139. The zero-order valence-corrected chi connectivity index (χ0v) is 14.4. The van der Waals surface area contributed by atoms with Gasteiger partial charge in [0.2, 0.25) is 5.91 Å². The van der Waals surface area contributed by atoms with Crippen molar-refractivity contribution in [3.63, 3.8) is 0 Å². The summed E-state index contributed by atoms with van der Waals surface area (Å²) in [5, 5.41) is 3.07. The zero-order valence-electron chi connectivity index (χ0n) is 12.7. The molecule has 0 radical (unpaired) electrons. The summed E-state index contributed by atoms with van der Waals surface area (Å²) < 4.78 is 4.71. The van der Waals surface area contributed by atoms with Gasteiger partial charge < -0.3 is 15.8 Å². The highest BCUT2D eigenvalue weighted by atomic mass is 35.5. The summed E-state index contributed by atoms with van der Waals surface area (Å²) in [5.41, 5.74) is 7.07. The predicted octanol–water partition coefficient (Wildman–Crippen LogP) is 2.23. The third-order valence-electron chi connectivity index (χ3n) is 2.92. The first-order valence-electron chi connectivity index (χ1n) is 6.69. The lowest BCUT2D eigenvalue weighted by atomic mass is 10.1. The molecule has 23 heavy (non-hydrogen) atoms. The van der Waals surface area contributed by atoms with Crippen LogP contribution in [-0.2, 0) is 20.7 Å². The summed E-state index contributed by atoms with van der Waals surface area (Å²) in [6.45, 7) is 1.59. The van der Waals surface area contributed by atoms with E-state index in [0.29, 0.717) is 10.8 Å². The maximum atomic E-state index is 11.7. The predicted molar refractivity (Wildman–Crippen MR) is 92.8 cm³/mol. The number of rotatable bonds is 5. The van der Waals surface area contributed by atoms with Crippen LogP contribution >= 0.6 is 23.7 Å². The molecule has 0 aliphatic rings. The Morgan fingerprint density at radius 1 is 1.35 bits per heavy atom. The van der Waals surface area contributed by atoms with E-state index in [0.717, 1.165) is 10.4 Å². The van der Waals surface area contributed by atoms with E-state index in [1.165, 1.54) is 18.4 Å². The number of anilines is 1. The Kier molecular flexibility index (Phi) is 7.15. The number of nitrogens with two attached hydrogens (primary N) is 1. The number of esters is 1. The van der Waals surface area contributed by atoms with Crippen LogP contribution in [0.3, 0.4) is 0 Å². The monoisotopic (exact) mass is 355 g/mol. The van der Waals surface area contributed by atoms with Gasteiger partial charge in [-0.3, -0.25) is 9.59 Å². The number of carbonyl (C=O) groups excluding carboxylic acids is 2. The average Bonchev–Trinajstić information content (AvgIpc) is 2.90. The van der Waals surface area contributed by atoms with Gasteiger partial charge in [0, 0.05) is 10.4 Å². The van der Waals surface area contributed by atoms with Gasteiger partial charge in [-0.25, -0.2) is 4.98 Å². The lowest BCUT2D eigenvalue weighted by Gasteiger charge is -2.03. The molecule has 1 amide bonds.